The maximum Gasteiger partial charge on any atom is 0.268 e. The first-order valence-electron chi connectivity index (χ1n) is 27.4. The molecule has 2 aromatic heterocycles. The van der Waals surface area contributed by atoms with Crippen molar-refractivity contribution in [1.29, 1.82) is 0 Å². The first kappa shape index (κ1) is 50.7. The van der Waals surface area contributed by atoms with E-state index < -0.39 is 0 Å². The first-order chi connectivity index (χ1) is 36.7. The number of imide groups is 2. The summed E-state index contributed by atoms with van der Waals surface area (Å²) in [6.07, 6.45) is 5.40. The molecule has 4 amide bonds. The fourth-order valence-corrected chi connectivity index (χ4v) is 12.3. The van der Waals surface area contributed by atoms with Gasteiger partial charge in [-0.05, 0) is 183 Å². The van der Waals surface area contributed by atoms with E-state index in [1.54, 1.807) is 12.1 Å². The van der Waals surface area contributed by atoms with Crippen LogP contribution in [0.3, 0.4) is 0 Å². The number of hydrogen-bond acceptors (Lipinski definition) is 4. The number of nitrogens with zero attached hydrogens (tertiary/aromatic N) is 4. The van der Waals surface area contributed by atoms with Crippen molar-refractivity contribution in [2.24, 2.45) is 11.3 Å². The molecule has 0 saturated carbocycles. The predicted molar refractivity (Wildman–Crippen MR) is 319 cm³/mol. The third-order valence-electron chi connectivity index (χ3n) is 17.0. The molecule has 3 aliphatic rings. The van der Waals surface area contributed by atoms with Crippen LogP contribution in [0.4, 0.5) is 11.4 Å². The number of benzene rings is 7. The summed E-state index contributed by atoms with van der Waals surface area (Å²) in [5, 5.41) is 3.38. The minimum absolute atomic E-state index is 0.0531. The summed E-state index contributed by atoms with van der Waals surface area (Å²) >= 11 is 0. The smallest absolute Gasteiger partial charge is 0.268 e. The average molecular weight is 1030 g/mol. The minimum Gasteiger partial charge on any atom is -0.309 e. The lowest BCUT2D eigenvalue weighted by Crippen LogP contribution is -2.30. The number of allylic oxidation sites excluding steroid dienone is 1. The zero-order valence-electron chi connectivity index (χ0n) is 47.5. The Hall–Kier alpha value is -8.10. The number of hydrogen-bond donors (Lipinski definition) is 0. The molecule has 0 saturated heterocycles. The third kappa shape index (κ3) is 7.76. The molecular formula is C70H68N4O4. The highest BCUT2D eigenvalue weighted by Crippen LogP contribution is 2.46. The van der Waals surface area contributed by atoms with E-state index in [-0.39, 0.29) is 45.3 Å². The summed E-state index contributed by atoms with van der Waals surface area (Å²) in [5.41, 5.74) is 15.9. The van der Waals surface area contributed by atoms with E-state index in [0.717, 1.165) is 61.7 Å². The third-order valence-corrected chi connectivity index (χ3v) is 17.0. The van der Waals surface area contributed by atoms with Gasteiger partial charge in [-0.1, -0.05) is 132 Å². The van der Waals surface area contributed by atoms with Crippen molar-refractivity contribution in [1.82, 2.24) is 9.13 Å². The second-order valence-electron chi connectivity index (χ2n) is 26.3. The highest BCUT2D eigenvalue weighted by Gasteiger charge is 2.42. The average Bonchev–Trinajstić information content (AvgIpc) is 4.13. The number of fused-ring (bicyclic) bond motifs is 8. The van der Waals surface area contributed by atoms with Crippen LogP contribution in [0.5, 0.6) is 0 Å². The summed E-state index contributed by atoms with van der Waals surface area (Å²) in [6, 6.07) is 42.6. The molecule has 2 aliphatic heterocycles. The molecule has 0 spiro atoms. The molecule has 12 rings (SSSR count). The molecule has 7 aromatic carbocycles. The van der Waals surface area contributed by atoms with Gasteiger partial charge in [-0.3, -0.25) is 19.2 Å². The van der Waals surface area contributed by atoms with Gasteiger partial charge in [0.1, 0.15) is 0 Å². The Bertz CT molecular complexity index is 4100. The van der Waals surface area contributed by atoms with Crippen LogP contribution in [0, 0.1) is 25.2 Å². The molecule has 0 bridgehead atoms. The molecule has 1 atom stereocenters. The largest absolute Gasteiger partial charge is 0.309 e. The number of rotatable bonds is 5. The molecular weight excluding hydrogens is 961 g/mol. The summed E-state index contributed by atoms with van der Waals surface area (Å²) < 4.78 is 4.34. The Balaban J connectivity index is 0.867. The normalized spacial score (nSPS) is 15.9. The van der Waals surface area contributed by atoms with Gasteiger partial charge in [-0.25, -0.2) is 9.80 Å². The number of carbonyl (C=O) groups excluding carboxylic acids is 4. The van der Waals surface area contributed by atoms with Crippen LogP contribution in [0.2, 0.25) is 0 Å². The van der Waals surface area contributed by atoms with E-state index in [1.807, 2.05) is 74.5 Å². The molecule has 4 heterocycles. The van der Waals surface area contributed by atoms with Gasteiger partial charge >= 0.3 is 0 Å². The molecule has 0 N–H and O–H groups in total. The van der Waals surface area contributed by atoms with Crippen molar-refractivity contribution in [3.63, 3.8) is 0 Å². The molecule has 0 radical (unpaired) electrons. The molecule has 8 nitrogen and oxygen atoms in total. The van der Waals surface area contributed by atoms with Crippen molar-refractivity contribution < 1.29 is 19.2 Å². The predicted octanol–water partition coefficient (Wildman–Crippen LogP) is 16.7. The van der Waals surface area contributed by atoms with Crippen LogP contribution in [-0.2, 0) is 22.7 Å². The lowest BCUT2D eigenvalue weighted by Gasteiger charge is -2.31. The van der Waals surface area contributed by atoms with Gasteiger partial charge < -0.3 is 9.13 Å². The van der Waals surface area contributed by atoms with E-state index in [0.29, 0.717) is 50.9 Å². The van der Waals surface area contributed by atoms with Crippen LogP contribution in [0.25, 0.3) is 61.3 Å². The Morgan fingerprint density at radius 2 is 0.833 bits per heavy atom. The number of carbonyl (C=O) groups is 4. The second-order valence-corrected chi connectivity index (χ2v) is 26.3. The fourth-order valence-electron chi connectivity index (χ4n) is 12.3. The van der Waals surface area contributed by atoms with Gasteiger partial charge in [0.05, 0.1) is 61.6 Å². The molecule has 8 heteroatoms. The maximum atomic E-state index is 15.0. The Morgan fingerprint density at radius 1 is 0.423 bits per heavy atom. The van der Waals surface area contributed by atoms with Crippen LogP contribution in [-0.4, -0.2) is 32.8 Å². The van der Waals surface area contributed by atoms with Gasteiger partial charge in [-0.2, -0.15) is 0 Å². The van der Waals surface area contributed by atoms with Crippen molar-refractivity contribution in [2.45, 2.75) is 120 Å². The Labute approximate surface area is 458 Å². The van der Waals surface area contributed by atoms with Gasteiger partial charge in [0.25, 0.3) is 23.6 Å². The summed E-state index contributed by atoms with van der Waals surface area (Å²) in [4.78, 5) is 61.6. The van der Waals surface area contributed by atoms with Gasteiger partial charge in [0, 0.05) is 21.9 Å². The van der Waals surface area contributed by atoms with Crippen LogP contribution >= 0.6 is 0 Å². The molecule has 9 aromatic rings. The van der Waals surface area contributed by atoms with E-state index in [9.17, 15) is 19.2 Å². The number of amides is 4. The molecule has 0 fully saturated rings. The number of aromatic nitrogens is 2. The lowest BCUT2D eigenvalue weighted by atomic mass is 9.74. The van der Waals surface area contributed by atoms with E-state index >= 15 is 0 Å². The van der Waals surface area contributed by atoms with Crippen molar-refractivity contribution >= 4 is 73.8 Å². The topological polar surface area (TPSA) is 84.6 Å². The fraction of sp³-hybridized carbons (Fsp3) is 0.286. The minimum atomic E-state index is -0.372. The van der Waals surface area contributed by atoms with Crippen LogP contribution in [0.15, 0.2) is 133 Å². The quantitative estimate of drug-likeness (QED) is 0.161. The van der Waals surface area contributed by atoms with Crippen molar-refractivity contribution in [3.8, 4) is 22.5 Å². The SMILES string of the molecule is Cc1cc(-c2ccc(N3C(=O)c4cccc(-n5c6ccc(C(C)(C)C)cc6c6cc(C(C)(C)C)ccc65)c4C3=O)c(C)c2)ccc1N1C(=O)c2cccc(-n3c4c(c5cc(C(C)(C)C)ccc53)CC(C(C)(C)C)C=C4)c2C1=O. The number of aryl methyl sites for hydroxylation is 2. The molecule has 78 heavy (non-hydrogen) atoms. The van der Waals surface area contributed by atoms with Gasteiger partial charge in [0.2, 0.25) is 0 Å². The van der Waals surface area contributed by atoms with Crippen LogP contribution < -0.4 is 9.80 Å². The van der Waals surface area contributed by atoms with Gasteiger partial charge in [-0.15, -0.1) is 0 Å². The summed E-state index contributed by atoms with van der Waals surface area (Å²) in [5.74, 6) is -1.12. The molecule has 1 unspecified atom stereocenters. The highest BCUT2D eigenvalue weighted by molar-refractivity contribution is 6.37. The van der Waals surface area contributed by atoms with E-state index in [2.05, 4.69) is 159 Å². The standard InChI is InChI=1S/C70H68N4O4/c1-39-33-41(21-27-53(39)73-63(75)47-17-15-19-59(61(47)65(73)77)71-55-29-23-43(67(3,4)5)35-49(55)50-36-44(68(6,7)8)24-30-56(50)71)42-22-28-54(40(2)34-42)74-64(76)48-18-16-20-60(62(48)66(74)78)72-57-31-25-45(69(9,10)11)37-51(57)52-38-46(70(12,13)14)26-32-58(52)72/h15-37,46H,38H2,1-14H3. The van der Waals surface area contributed by atoms with E-state index in [1.165, 1.54) is 37.4 Å². The van der Waals surface area contributed by atoms with Crippen molar-refractivity contribution in [3.05, 3.63) is 195 Å². The summed E-state index contributed by atoms with van der Waals surface area (Å²) in [7, 11) is 0. The van der Waals surface area contributed by atoms with Gasteiger partial charge in [0.15, 0.2) is 0 Å². The monoisotopic (exact) mass is 1030 g/mol. The van der Waals surface area contributed by atoms with Crippen molar-refractivity contribution in [2.75, 3.05) is 9.80 Å². The Morgan fingerprint density at radius 3 is 1.24 bits per heavy atom. The second kappa shape index (κ2) is 17.2. The zero-order chi connectivity index (χ0) is 55.4. The molecule has 392 valence electrons. The highest BCUT2D eigenvalue weighted by atomic mass is 16.2. The van der Waals surface area contributed by atoms with E-state index in [4.69, 9.17) is 0 Å². The first-order valence-corrected chi connectivity index (χ1v) is 27.4. The van der Waals surface area contributed by atoms with Crippen LogP contribution in [0.1, 0.15) is 164 Å². The number of anilines is 2. The maximum absolute atomic E-state index is 15.0. The zero-order valence-corrected chi connectivity index (χ0v) is 47.5. The molecule has 1 aliphatic carbocycles. The Kier molecular flexibility index (Phi) is 11.2. The summed E-state index contributed by atoms with van der Waals surface area (Å²) in [6.45, 7) is 30.7. The lowest BCUT2D eigenvalue weighted by molar-refractivity contribution is 0.0910.